The van der Waals surface area contributed by atoms with Gasteiger partial charge in [0.05, 0.1) is 12.3 Å². The number of anilines is 1. The van der Waals surface area contributed by atoms with Crippen LogP contribution in [0.1, 0.15) is 5.56 Å². The first-order valence-corrected chi connectivity index (χ1v) is 7.57. The van der Waals surface area contributed by atoms with Gasteiger partial charge in [0.25, 0.3) is 10.0 Å². The lowest BCUT2D eigenvalue weighted by Gasteiger charge is -2.18. The Hall–Kier alpha value is -2.45. The average Bonchev–Trinajstić information content (AvgIpc) is 2.48. The van der Waals surface area contributed by atoms with Crippen molar-refractivity contribution in [3.05, 3.63) is 54.4 Å². The molecule has 2 aromatic rings. The zero-order valence-electron chi connectivity index (χ0n) is 10.9. The average molecular weight is 304 g/mol. The number of benzene rings is 1. The van der Waals surface area contributed by atoms with Crippen molar-refractivity contribution in [3.63, 3.8) is 0 Å². The fourth-order valence-corrected chi connectivity index (χ4v) is 2.83. The van der Waals surface area contributed by atoms with Gasteiger partial charge < -0.3 is 5.32 Å². The lowest BCUT2D eigenvalue weighted by Crippen LogP contribution is -2.34. The molecule has 1 aromatic carbocycles. The molecule has 0 bridgehead atoms. The molecule has 0 spiro atoms. The van der Waals surface area contributed by atoms with E-state index in [1.54, 1.807) is 6.07 Å². The van der Waals surface area contributed by atoms with Crippen molar-refractivity contribution in [3.8, 4) is 0 Å². The summed E-state index contributed by atoms with van der Waals surface area (Å²) in [6.45, 7) is 0.283. The summed E-state index contributed by atoms with van der Waals surface area (Å²) in [5, 5.41) is 2.83. The number of nitrogens with one attached hydrogen (secondary N) is 2. The van der Waals surface area contributed by atoms with Gasteiger partial charge in [-0.25, -0.2) is 5.48 Å². The SMILES string of the molecule is O=S1(=O)N=C(NOCc2ccccc2)Nc2ccncc21. The molecule has 108 valence electrons. The molecule has 3 rings (SSSR count). The van der Waals surface area contributed by atoms with E-state index in [2.05, 4.69) is 20.2 Å². The molecule has 1 aromatic heterocycles. The quantitative estimate of drug-likeness (QED) is 0.830. The summed E-state index contributed by atoms with van der Waals surface area (Å²) in [5.41, 5.74) is 3.87. The predicted octanol–water partition coefficient (Wildman–Crippen LogP) is 1.27. The van der Waals surface area contributed by atoms with E-state index in [-0.39, 0.29) is 17.5 Å². The van der Waals surface area contributed by atoms with Gasteiger partial charge in [0.2, 0.25) is 5.96 Å². The highest BCUT2D eigenvalue weighted by atomic mass is 32.2. The van der Waals surface area contributed by atoms with Crippen LogP contribution >= 0.6 is 0 Å². The van der Waals surface area contributed by atoms with Crippen molar-refractivity contribution < 1.29 is 13.3 Å². The van der Waals surface area contributed by atoms with Crippen LogP contribution in [-0.4, -0.2) is 19.4 Å². The third-order valence-electron chi connectivity index (χ3n) is 2.78. The van der Waals surface area contributed by atoms with Gasteiger partial charge >= 0.3 is 0 Å². The van der Waals surface area contributed by atoms with Gasteiger partial charge in [-0.2, -0.15) is 8.42 Å². The number of hydrogen-bond acceptors (Lipinski definition) is 6. The number of nitrogens with zero attached hydrogens (tertiary/aromatic N) is 2. The normalized spacial score (nSPS) is 15.5. The molecule has 0 radical (unpaired) electrons. The molecule has 0 unspecified atom stereocenters. The van der Waals surface area contributed by atoms with Gasteiger partial charge in [-0.05, 0) is 11.6 Å². The largest absolute Gasteiger partial charge is 0.322 e. The van der Waals surface area contributed by atoms with Crippen LogP contribution in [-0.2, 0) is 21.5 Å². The fourth-order valence-electron chi connectivity index (χ4n) is 1.81. The Kier molecular flexibility index (Phi) is 3.55. The lowest BCUT2D eigenvalue weighted by molar-refractivity contribution is 0.0712. The van der Waals surface area contributed by atoms with Crippen LogP contribution in [0.25, 0.3) is 0 Å². The smallest absolute Gasteiger partial charge is 0.289 e. The number of fused-ring (bicyclic) bond motifs is 1. The maximum atomic E-state index is 12.0. The Bertz CT molecular complexity index is 775. The molecule has 1 aliphatic rings. The molecule has 1 aliphatic heterocycles. The number of pyridine rings is 1. The molecular formula is C13H12N4O3S. The fraction of sp³-hybridized carbons (Fsp3) is 0.0769. The molecule has 7 nitrogen and oxygen atoms in total. The summed E-state index contributed by atoms with van der Waals surface area (Å²) in [5.74, 6) is 0.0182. The highest BCUT2D eigenvalue weighted by Crippen LogP contribution is 2.24. The van der Waals surface area contributed by atoms with Crippen molar-refractivity contribution in [1.82, 2.24) is 10.5 Å². The van der Waals surface area contributed by atoms with Crippen molar-refractivity contribution in [2.24, 2.45) is 4.40 Å². The number of sulfonamides is 1. The first-order valence-electron chi connectivity index (χ1n) is 6.13. The Morgan fingerprint density at radius 1 is 1.19 bits per heavy atom. The van der Waals surface area contributed by atoms with E-state index in [1.807, 2.05) is 30.3 Å². The molecular weight excluding hydrogens is 292 g/mol. The van der Waals surface area contributed by atoms with E-state index in [0.717, 1.165) is 5.56 Å². The monoisotopic (exact) mass is 304 g/mol. The summed E-state index contributed by atoms with van der Waals surface area (Å²) in [4.78, 5) is 9.06. The van der Waals surface area contributed by atoms with Crippen molar-refractivity contribution >= 4 is 21.7 Å². The summed E-state index contributed by atoms with van der Waals surface area (Å²) in [6, 6.07) is 11.0. The van der Waals surface area contributed by atoms with E-state index in [4.69, 9.17) is 4.84 Å². The van der Waals surface area contributed by atoms with E-state index >= 15 is 0 Å². The van der Waals surface area contributed by atoms with Gasteiger partial charge in [0.1, 0.15) is 4.90 Å². The molecule has 0 saturated carbocycles. The Labute approximate surface area is 121 Å². The first-order chi connectivity index (χ1) is 10.1. The molecule has 0 fully saturated rings. The topological polar surface area (TPSA) is 92.7 Å². The number of rotatable bonds is 3. The minimum Gasteiger partial charge on any atom is -0.322 e. The highest BCUT2D eigenvalue weighted by Gasteiger charge is 2.24. The van der Waals surface area contributed by atoms with Crippen LogP contribution in [0.2, 0.25) is 0 Å². The number of guanidine groups is 1. The van der Waals surface area contributed by atoms with Crippen LogP contribution in [0.4, 0.5) is 5.69 Å². The standard InChI is InChI=1S/C13H12N4O3S/c18-21(19)12-8-14-7-6-11(12)15-13(17-21)16-20-9-10-4-2-1-3-5-10/h1-8H,9H2,(H2,15,16,17). The zero-order valence-corrected chi connectivity index (χ0v) is 11.7. The summed E-state index contributed by atoms with van der Waals surface area (Å²) >= 11 is 0. The van der Waals surface area contributed by atoms with E-state index < -0.39 is 10.0 Å². The van der Waals surface area contributed by atoms with Crippen LogP contribution in [0, 0.1) is 0 Å². The highest BCUT2D eigenvalue weighted by molar-refractivity contribution is 7.90. The second-order valence-corrected chi connectivity index (χ2v) is 5.86. The van der Waals surface area contributed by atoms with Crippen LogP contribution < -0.4 is 10.8 Å². The molecule has 0 amide bonds. The lowest BCUT2D eigenvalue weighted by atomic mass is 10.2. The third-order valence-corrected chi connectivity index (χ3v) is 4.08. The molecule has 2 heterocycles. The van der Waals surface area contributed by atoms with Gasteiger partial charge in [0, 0.05) is 12.4 Å². The second kappa shape index (κ2) is 5.51. The van der Waals surface area contributed by atoms with E-state index in [9.17, 15) is 8.42 Å². The molecule has 0 atom stereocenters. The zero-order chi connectivity index (χ0) is 14.7. The number of hydrogen-bond donors (Lipinski definition) is 2. The van der Waals surface area contributed by atoms with Gasteiger partial charge in [-0.1, -0.05) is 30.3 Å². The van der Waals surface area contributed by atoms with E-state index in [1.165, 1.54) is 12.4 Å². The Balaban J connectivity index is 1.69. The molecule has 0 saturated heterocycles. The number of hydroxylamine groups is 1. The summed E-state index contributed by atoms with van der Waals surface area (Å²) in [6.07, 6.45) is 2.75. The minimum absolute atomic E-state index is 0.0182. The Morgan fingerprint density at radius 3 is 2.81 bits per heavy atom. The van der Waals surface area contributed by atoms with Gasteiger partial charge in [-0.3, -0.25) is 9.82 Å². The van der Waals surface area contributed by atoms with E-state index in [0.29, 0.717) is 5.69 Å². The molecule has 2 N–H and O–H groups in total. The molecule has 21 heavy (non-hydrogen) atoms. The Morgan fingerprint density at radius 2 is 2.00 bits per heavy atom. The van der Waals surface area contributed by atoms with Crippen molar-refractivity contribution in [1.29, 1.82) is 0 Å². The van der Waals surface area contributed by atoms with Crippen LogP contribution in [0.15, 0.2) is 58.1 Å². The van der Waals surface area contributed by atoms with Crippen LogP contribution in [0.5, 0.6) is 0 Å². The summed E-state index contributed by atoms with van der Waals surface area (Å²) < 4.78 is 27.5. The van der Waals surface area contributed by atoms with Crippen molar-refractivity contribution in [2.45, 2.75) is 11.5 Å². The van der Waals surface area contributed by atoms with Gasteiger partial charge in [0.15, 0.2) is 0 Å². The second-order valence-electron chi connectivity index (χ2n) is 4.29. The maximum absolute atomic E-state index is 12.0. The first kappa shape index (κ1) is 13.5. The minimum atomic E-state index is -3.77. The molecule has 8 heteroatoms. The number of aromatic nitrogens is 1. The third kappa shape index (κ3) is 3.01. The van der Waals surface area contributed by atoms with Crippen LogP contribution in [0.3, 0.4) is 0 Å². The predicted molar refractivity (Wildman–Crippen MR) is 76.8 cm³/mol. The molecule has 0 aliphatic carbocycles. The maximum Gasteiger partial charge on any atom is 0.289 e. The van der Waals surface area contributed by atoms with Crippen molar-refractivity contribution in [2.75, 3.05) is 5.32 Å². The van der Waals surface area contributed by atoms with Gasteiger partial charge in [-0.15, -0.1) is 4.40 Å². The summed E-state index contributed by atoms with van der Waals surface area (Å²) in [7, 11) is -3.77.